The van der Waals surface area contributed by atoms with Gasteiger partial charge in [0, 0.05) is 0 Å². The first-order valence-corrected chi connectivity index (χ1v) is 6.23. The average molecular weight is 288 g/mol. The summed E-state index contributed by atoms with van der Waals surface area (Å²) in [7, 11) is 4.61. The molecule has 0 radical (unpaired) electrons. The number of carbonyl (C=O) groups excluding carboxylic acids is 1. The Morgan fingerprint density at radius 3 is 2.00 bits per heavy atom. The molecule has 0 aromatic heterocycles. The second-order valence-corrected chi connectivity index (χ2v) is 4.31. The van der Waals surface area contributed by atoms with Crippen LogP contribution in [0.1, 0.15) is 10.4 Å². The van der Waals surface area contributed by atoms with Crippen molar-refractivity contribution in [2.45, 2.75) is 0 Å². The van der Waals surface area contributed by atoms with Crippen LogP contribution >= 0.6 is 0 Å². The van der Waals surface area contributed by atoms with Crippen LogP contribution in [0.5, 0.6) is 23.0 Å². The highest BCUT2D eigenvalue weighted by Gasteiger charge is 2.14. The fraction of sp³-hybridized carbons (Fsp3) is 0.188. The molecule has 5 nitrogen and oxygen atoms in total. The van der Waals surface area contributed by atoms with Crippen molar-refractivity contribution >= 4 is 6.29 Å². The third kappa shape index (κ3) is 2.76. The first-order chi connectivity index (χ1) is 10.1. The smallest absolute Gasteiger partial charge is 0.203 e. The number of phenolic OH excluding ortho intramolecular Hbond substituents is 1. The second kappa shape index (κ2) is 6.17. The van der Waals surface area contributed by atoms with E-state index in [9.17, 15) is 9.90 Å². The summed E-state index contributed by atoms with van der Waals surface area (Å²) in [5.74, 6) is 1.49. The van der Waals surface area contributed by atoms with Crippen molar-refractivity contribution < 1.29 is 24.1 Å². The van der Waals surface area contributed by atoms with Gasteiger partial charge in [0.25, 0.3) is 0 Å². The van der Waals surface area contributed by atoms with Crippen molar-refractivity contribution in [2.24, 2.45) is 0 Å². The molecule has 0 fully saturated rings. The molecule has 0 atom stereocenters. The van der Waals surface area contributed by atoms with Crippen LogP contribution in [0, 0.1) is 0 Å². The minimum atomic E-state index is -0.0545. The molecule has 0 saturated carbocycles. The number of hydrogen-bond acceptors (Lipinski definition) is 5. The molecule has 0 spiro atoms. The fourth-order valence-electron chi connectivity index (χ4n) is 2.08. The van der Waals surface area contributed by atoms with Gasteiger partial charge >= 0.3 is 0 Å². The van der Waals surface area contributed by atoms with Gasteiger partial charge in [0.15, 0.2) is 17.8 Å². The molecule has 0 aliphatic rings. The largest absolute Gasteiger partial charge is 0.507 e. The van der Waals surface area contributed by atoms with Crippen LogP contribution in [0.2, 0.25) is 0 Å². The van der Waals surface area contributed by atoms with Crippen molar-refractivity contribution in [1.29, 1.82) is 0 Å². The van der Waals surface area contributed by atoms with Gasteiger partial charge in [-0.3, -0.25) is 4.79 Å². The van der Waals surface area contributed by atoms with Crippen molar-refractivity contribution in [3.63, 3.8) is 0 Å². The number of ether oxygens (including phenoxy) is 3. The maximum Gasteiger partial charge on any atom is 0.203 e. The first-order valence-electron chi connectivity index (χ1n) is 6.23. The zero-order chi connectivity index (χ0) is 15.4. The van der Waals surface area contributed by atoms with Crippen LogP contribution in [0.15, 0.2) is 30.3 Å². The third-order valence-corrected chi connectivity index (χ3v) is 3.15. The summed E-state index contributed by atoms with van der Waals surface area (Å²) >= 11 is 0. The molecule has 0 heterocycles. The third-order valence-electron chi connectivity index (χ3n) is 3.15. The molecular weight excluding hydrogens is 272 g/mol. The molecule has 110 valence electrons. The second-order valence-electron chi connectivity index (χ2n) is 4.31. The lowest BCUT2D eigenvalue weighted by molar-refractivity contribution is 0.112. The highest BCUT2D eigenvalue weighted by molar-refractivity contribution is 5.83. The predicted octanol–water partition coefficient (Wildman–Crippen LogP) is 2.90. The van der Waals surface area contributed by atoms with Gasteiger partial charge < -0.3 is 19.3 Å². The fourth-order valence-corrected chi connectivity index (χ4v) is 2.08. The quantitative estimate of drug-likeness (QED) is 0.857. The van der Waals surface area contributed by atoms with Crippen molar-refractivity contribution in [1.82, 2.24) is 0 Å². The van der Waals surface area contributed by atoms with E-state index in [1.807, 2.05) is 0 Å². The standard InChI is InChI=1S/C16H16O5/c1-19-14-7-11(8-15(20-2)16(14)21-3)10-4-5-13(18)12(6-10)9-17/h4-9,18H,1-3H3. The lowest BCUT2D eigenvalue weighted by Gasteiger charge is -2.14. The Kier molecular flexibility index (Phi) is 4.33. The van der Waals surface area contributed by atoms with Gasteiger partial charge in [0.05, 0.1) is 26.9 Å². The molecule has 0 unspecified atom stereocenters. The highest BCUT2D eigenvalue weighted by Crippen LogP contribution is 2.41. The van der Waals surface area contributed by atoms with Gasteiger partial charge in [0.1, 0.15) is 5.75 Å². The summed E-state index contributed by atoms with van der Waals surface area (Å²) in [6, 6.07) is 8.35. The molecule has 0 amide bonds. The number of carbonyl (C=O) groups is 1. The Morgan fingerprint density at radius 1 is 0.905 bits per heavy atom. The lowest BCUT2D eigenvalue weighted by atomic mass is 10.0. The van der Waals surface area contributed by atoms with E-state index in [1.165, 1.54) is 27.4 Å². The first kappa shape index (κ1) is 14.7. The van der Waals surface area contributed by atoms with E-state index >= 15 is 0 Å². The van der Waals surface area contributed by atoms with Crippen LogP contribution in [-0.2, 0) is 0 Å². The van der Waals surface area contributed by atoms with Gasteiger partial charge in [-0.1, -0.05) is 6.07 Å². The molecule has 0 bridgehead atoms. The molecular formula is C16H16O5. The van der Waals surface area contributed by atoms with Crippen LogP contribution in [-0.4, -0.2) is 32.7 Å². The number of phenols is 1. The Hall–Kier alpha value is -2.69. The summed E-state index contributed by atoms with van der Waals surface area (Å²) in [4.78, 5) is 10.9. The number of aldehydes is 1. The summed E-state index contributed by atoms with van der Waals surface area (Å²) in [6.07, 6.45) is 0.608. The van der Waals surface area contributed by atoms with Gasteiger partial charge in [-0.2, -0.15) is 0 Å². The van der Waals surface area contributed by atoms with E-state index in [2.05, 4.69) is 0 Å². The number of rotatable bonds is 5. The highest BCUT2D eigenvalue weighted by atomic mass is 16.5. The topological polar surface area (TPSA) is 65.0 Å². The normalized spacial score (nSPS) is 10.0. The lowest BCUT2D eigenvalue weighted by Crippen LogP contribution is -1.96. The van der Waals surface area contributed by atoms with E-state index in [-0.39, 0.29) is 11.3 Å². The maximum atomic E-state index is 10.9. The molecule has 2 aromatic rings. The predicted molar refractivity (Wildman–Crippen MR) is 78.6 cm³/mol. The summed E-state index contributed by atoms with van der Waals surface area (Å²) in [6.45, 7) is 0. The van der Waals surface area contributed by atoms with E-state index in [0.717, 1.165) is 11.1 Å². The summed E-state index contributed by atoms with van der Waals surface area (Å²) in [5.41, 5.74) is 1.77. The van der Waals surface area contributed by atoms with Crippen LogP contribution in [0.4, 0.5) is 0 Å². The van der Waals surface area contributed by atoms with Crippen LogP contribution in [0.3, 0.4) is 0 Å². The number of benzene rings is 2. The van der Waals surface area contributed by atoms with Gasteiger partial charge in [-0.15, -0.1) is 0 Å². The van der Waals surface area contributed by atoms with Crippen molar-refractivity contribution in [3.05, 3.63) is 35.9 Å². The molecule has 0 saturated heterocycles. The van der Waals surface area contributed by atoms with E-state index in [4.69, 9.17) is 14.2 Å². The average Bonchev–Trinajstić information content (AvgIpc) is 2.53. The number of methoxy groups -OCH3 is 3. The monoisotopic (exact) mass is 288 g/mol. The Labute approximate surface area is 122 Å². The summed E-state index contributed by atoms with van der Waals surface area (Å²) < 4.78 is 15.9. The molecule has 2 rings (SSSR count). The zero-order valence-corrected chi connectivity index (χ0v) is 12.0. The minimum absolute atomic E-state index is 0.0545. The van der Waals surface area contributed by atoms with E-state index in [0.29, 0.717) is 23.5 Å². The van der Waals surface area contributed by atoms with E-state index < -0.39 is 0 Å². The molecule has 0 aliphatic carbocycles. The van der Waals surface area contributed by atoms with Crippen LogP contribution < -0.4 is 14.2 Å². The van der Waals surface area contributed by atoms with E-state index in [1.54, 1.807) is 24.3 Å². The summed E-state index contributed by atoms with van der Waals surface area (Å²) in [5, 5.41) is 9.56. The Bertz CT molecular complexity index is 639. The Morgan fingerprint density at radius 2 is 1.52 bits per heavy atom. The van der Waals surface area contributed by atoms with Gasteiger partial charge in [0.2, 0.25) is 5.75 Å². The van der Waals surface area contributed by atoms with Gasteiger partial charge in [-0.25, -0.2) is 0 Å². The Balaban J connectivity index is 2.61. The number of aromatic hydroxyl groups is 1. The zero-order valence-electron chi connectivity index (χ0n) is 12.0. The molecule has 2 aromatic carbocycles. The minimum Gasteiger partial charge on any atom is -0.507 e. The maximum absolute atomic E-state index is 10.9. The van der Waals surface area contributed by atoms with Crippen molar-refractivity contribution in [2.75, 3.05) is 21.3 Å². The van der Waals surface area contributed by atoms with Crippen LogP contribution in [0.25, 0.3) is 11.1 Å². The molecule has 0 aliphatic heterocycles. The molecule has 1 N–H and O–H groups in total. The molecule has 5 heteroatoms. The molecule has 21 heavy (non-hydrogen) atoms. The van der Waals surface area contributed by atoms with Gasteiger partial charge in [-0.05, 0) is 35.4 Å². The van der Waals surface area contributed by atoms with Crippen molar-refractivity contribution in [3.8, 4) is 34.1 Å². The number of hydrogen-bond donors (Lipinski definition) is 1. The SMILES string of the molecule is COc1cc(-c2ccc(O)c(C=O)c2)cc(OC)c1OC.